The summed E-state index contributed by atoms with van der Waals surface area (Å²) in [5.41, 5.74) is 2.29. The Hall–Kier alpha value is -2.33. The lowest BCUT2D eigenvalue weighted by Crippen LogP contribution is -2.47. The zero-order chi connectivity index (χ0) is 20.9. The molecule has 1 aliphatic heterocycles. The molecule has 1 heterocycles. The number of phenols is 1. The Morgan fingerprint density at radius 2 is 2.00 bits per heavy atom. The van der Waals surface area contributed by atoms with Crippen molar-refractivity contribution in [3.8, 4) is 5.75 Å². The maximum Gasteiger partial charge on any atom is 0.313 e. The van der Waals surface area contributed by atoms with Crippen molar-refractivity contribution in [1.82, 2.24) is 4.90 Å². The molecule has 3 unspecified atom stereocenters. The molecule has 1 saturated heterocycles. The van der Waals surface area contributed by atoms with Crippen LogP contribution in [0, 0.1) is 5.92 Å². The van der Waals surface area contributed by atoms with Gasteiger partial charge in [0.25, 0.3) is 0 Å². The highest BCUT2D eigenvalue weighted by atomic mass is 16.5. The van der Waals surface area contributed by atoms with Crippen molar-refractivity contribution in [1.29, 1.82) is 0 Å². The minimum atomic E-state index is -0.217. The van der Waals surface area contributed by atoms with E-state index >= 15 is 0 Å². The minimum Gasteiger partial charge on any atom is -0.508 e. The summed E-state index contributed by atoms with van der Waals surface area (Å²) in [7, 11) is 0. The zero-order valence-electron chi connectivity index (χ0n) is 17.8. The number of piperidine rings is 1. The third-order valence-corrected chi connectivity index (χ3v) is 6.58. The lowest BCUT2D eigenvalue weighted by atomic mass is 9.68. The highest BCUT2D eigenvalue weighted by Crippen LogP contribution is 2.40. The number of likely N-dealkylation sites (tertiary alicyclic amines) is 1. The fraction of sp³-hybridized carbons (Fsp3) is 0.480. The van der Waals surface area contributed by atoms with Gasteiger partial charge in [-0.25, -0.2) is 0 Å². The number of rotatable bonds is 7. The molecule has 3 rings (SSSR count). The first-order valence-corrected chi connectivity index (χ1v) is 10.7. The van der Waals surface area contributed by atoms with Crippen molar-refractivity contribution in [3.05, 3.63) is 65.7 Å². The standard InChI is InChI=1S/C25H33NO3/c1-4-29-24(28)23(20-9-6-5-7-10-20)13-15-26-16-14-25(3,19(2)18-26)21-11-8-12-22(27)17-21/h5-12,17,19,23,27H,4,13-16,18H2,1-3H3. The van der Waals surface area contributed by atoms with Crippen molar-refractivity contribution in [2.75, 3.05) is 26.2 Å². The van der Waals surface area contributed by atoms with Gasteiger partial charge >= 0.3 is 5.97 Å². The van der Waals surface area contributed by atoms with Gasteiger partial charge in [-0.05, 0) is 67.4 Å². The van der Waals surface area contributed by atoms with E-state index in [-0.39, 0.29) is 17.3 Å². The van der Waals surface area contributed by atoms with E-state index in [1.54, 1.807) is 6.07 Å². The Balaban J connectivity index is 1.65. The molecule has 2 aromatic carbocycles. The van der Waals surface area contributed by atoms with Crippen LogP contribution in [0.4, 0.5) is 0 Å². The van der Waals surface area contributed by atoms with Gasteiger partial charge in [0.15, 0.2) is 0 Å². The first-order valence-electron chi connectivity index (χ1n) is 10.7. The Bertz CT molecular complexity index is 807. The fourth-order valence-electron chi connectivity index (χ4n) is 4.47. The summed E-state index contributed by atoms with van der Waals surface area (Å²) in [6.45, 7) is 9.70. The molecule has 2 aromatic rings. The van der Waals surface area contributed by atoms with Gasteiger partial charge in [0, 0.05) is 6.54 Å². The second-order valence-electron chi connectivity index (χ2n) is 8.42. The van der Waals surface area contributed by atoms with E-state index in [0.29, 0.717) is 18.3 Å². The summed E-state index contributed by atoms with van der Waals surface area (Å²) in [4.78, 5) is 15.0. The number of phenolic OH excluding ortho intramolecular Hbond substituents is 1. The number of hydrogen-bond acceptors (Lipinski definition) is 4. The normalized spacial score (nSPS) is 23.5. The third-order valence-electron chi connectivity index (χ3n) is 6.58. The summed E-state index contributed by atoms with van der Waals surface area (Å²) in [6.07, 6.45) is 1.80. The largest absolute Gasteiger partial charge is 0.508 e. The molecule has 156 valence electrons. The molecule has 0 saturated carbocycles. The molecule has 1 N–H and O–H groups in total. The van der Waals surface area contributed by atoms with Crippen LogP contribution in [-0.2, 0) is 14.9 Å². The van der Waals surface area contributed by atoms with Crippen LogP contribution in [0.1, 0.15) is 50.7 Å². The SMILES string of the molecule is CCOC(=O)C(CCN1CCC(C)(c2cccc(O)c2)C(C)C1)c1ccccc1. The van der Waals surface area contributed by atoms with Gasteiger partial charge in [-0.2, -0.15) is 0 Å². The van der Waals surface area contributed by atoms with Gasteiger partial charge in [0.1, 0.15) is 5.75 Å². The molecular weight excluding hydrogens is 362 g/mol. The third kappa shape index (κ3) is 4.99. The van der Waals surface area contributed by atoms with Gasteiger partial charge in [-0.1, -0.05) is 56.3 Å². The zero-order valence-corrected chi connectivity index (χ0v) is 17.8. The van der Waals surface area contributed by atoms with E-state index in [9.17, 15) is 9.90 Å². The van der Waals surface area contributed by atoms with Crippen LogP contribution in [0.5, 0.6) is 5.75 Å². The molecule has 4 nitrogen and oxygen atoms in total. The molecule has 0 spiro atoms. The molecular formula is C25H33NO3. The molecule has 0 bridgehead atoms. The van der Waals surface area contributed by atoms with Crippen LogP contribution in [-0.4, -0.2) is 42.2 Å². The quantitative estimate of drug-likeness (QED) is 0.689. The topological polar surface area (TPSA) is 49.8 Å². The van der Waals surface area contributed by atoms with E-state index in [2.05, 4.69) is 24.8 Å². The predicted octanol–water partition coefficient (Wildman–Crippen LogP) is 4.73. The van der Waals surface area contributed by atoms with Crippen LogP contribution in [0.2, 0.25) is 0 Å². The van der Waals surface area contributed by atoms with Gasteiger partial charge in [-0.15, -0.1) is 0 Å². The Kier molecular flexibility index (Phi) is 6.96. The van der Waals surface area contributed by atoms with Crippen molar-refractivity contribution >= 4 is 5.97 Å². The van der Waals surface area contributed by atoms with Gasteiger partial charge in [0.05, 0.1) is 12.5 Å². The average Bonchev–Trinajstić information content (AvgIpc) is 2.72. The molecule has 0 aromatic heterocycles. The van der Waals surface area contributed by atoms with Crippen LogP contribution in [0.25, 0.3) is 0 Å². The number of carbonyl (C=O) groups is 1. The fourth-order valence-corrected chi connectivity index (χ4v) is 4.47. The van der Waals surface area contributed by atoms with Crippen molar-refractivity contribution in [2.45, 2.75) is 44.9 Å². The van der Waals surface area contributed by atoms with E-state index in [4.69, 9.17) is 4.74 Å². The molecule has 29 heavy (non-hydrogen) atoms. The van der Waals surface area contributed by atoms with E-state index in [0.717, 1.165) is 38.0 Å². The van der Waals surface area contributed by atoms with Crippen molar-refractivity contribution in [3.63, 3.8) is 0 Å². The highest BCUT2D eigenvalue weighted by molar-refractivity contribution is 5.78. The van der Waals surface area contributed by atoms with Gasteiger partial charge in [-0.3, -0.25) is 4.79 Å². The molecule has 0 radical (unpaired) electrons. The number of aromatic hydroxyl groups is 1. The maximum atomic E-state index is 12.5. The number of ether oxygens (including phenoxy) is 1. The number of esters is 1. The van der Waals surface area contributed by atoms with Crippen molar-refractivity contribution < 1.29 is 14.6 Å². The van der Waals surface area contributed by atoms with Crippen LogP contribution >= 0.6 is 0 Å². The summed E-state index contributed by atoms with van der Waals surface area (Å²) in [5, 5.41) is 9.89. The smallest absolute Gasteiger partial charge is 0.313 e. The van der Waals surface area contributed by atoms with Crippen LogP contribution in [0.15, 0.2) is 54.6 Å². The van der Waals surface area contributed by atoms with Crippen LogP contribution in [0.3, 0.4) is 0 Å². The molecule has 0 aliphatic carbocycles. The van der Waals surface area contributed by atoms with E-state index in [1.807, 2.05) is 49.4 Å². The minimum absolute atomic E-state index is 0.0508. The molecule has 1 fully saturated rings. The lowest BCUT2D eigenvalue weighted by Gasteiger charge is -2.45. The number of benzene rings is 2. The summed E-state index contributed by atoms with van der Waals surface area (Å²) in [6, 6.07) is 17.6. The van der Waals surface area contributed by atoms with E-state index < -0.39 is 0 Å². The number of hydrogen-bond donors (Lipinski definition) is 1. The lowest BCUT2D eigenvalue weighted by molar-refractivity contribution is -0.145. The monoisotopic (exact) mass is 395 g/mol. The van der Waals surface area contributed by atoms with E-state index in [1.165, 1.54) is 5.56 Å². The van der Waals surface area contributed by atoms with Crippen molar-refractivity contribution in [2.24, 2.45) is 5.92 Å². The Morgan fingerprint density at radius 1 is 1.24 bits per heavy atom. The highest BCUT2D eigenvalue weighted by Gasteiger charge is 2.38. The molecule has 3 atom stereocenters. The first kappa shape index (κ1) is 21.4. The summed E-state index contributed by atoms with van der Waals surface area (Å²) >= 11 is 0. The Labute approximate surface area is 174 Å². The van der Waals surface area contributed by atoms with Gasteiger partial charge in [0.2, 0.25) is 0 Å². The van der Waals surface area contributed by atoms with Crippen LogP contribution < -0.4 is 0 Å². The second kappa shape index (κ2) is 9.45. The summed E-state index contributed by atoms with van der Waals surface area (Å²) in [5.74, 6) is 0.438. The maximum absolute atomic E-state index is 12.5. The van der Waals surface area contributed by atoms with Gasteiger partial charge < -0.3 is 14.7 Å². The number of nitrogens with zero attached hydrogens (tertiary/aromatic N) is 1. The predicted molar refractivity (Wildman–Crippen MR) is 116 cm³/mol. The Morgan fingerprint density at radius 3 is 2.66 bits per heavy atom. The first-order chi connectivity index (χ1) is 13.9. The molecule has 1 aliphatic rings. The molecule has 0 amide bonds. The summed E-state index contributed by atoms with van der Waals surface area (Å²) < 4.78 is 5.34. The second-order valence-corrected chi connectivity index (χ2v) is 8.42. The molecule has 4 heteroatoms. The average molecular weight is 396 g/mol. The number of carbonyl (C=O) groups excluding carboxylic acids is 1.